The molecule has 0 fully saturated rings. The number of hydrogen-bond donors (Lipinski definition) is 1. The molecular weight excluding hydrogens is 336 g/mol. The quantitative estimate of drug-likeness (QED) is 0.516. The minimum absolute atomic E-state index is 0.155. The van der Waals surface area contributed by atoms with Gasteiger partial charge in [-0.2, -0.15) is 0 Å². The second kappa shape index (κ2) is 7.08. The van der Waals surface area contributed by atoms with Gasteiger partial charge in [0, 0.05) is 16.8 Å². The zero-order valence-electron chi connectivity index (χ0n) is 15.3. The molecule has 0 spiro atoms. The number of amides is 1. The molecule has 1 N–H and O–H groups in total. The molecule has 4 aromatic rings. The van der Waals surface area contributed by atoms with Crippen LogP contribution in [0.15, 0.2) is 71.3 Å². The van der Waals surface area contributed by atoms with Gasteiger partial charge in [0.1, 0.15) is 5.52 Å². The molecule has 27 heavy (non-hydrogen) atoms. The standard InChI is InChI=1S/C23H20N2O2/c1-3-16-6-11-19(12-7-16)24-23(26)18-10-13-21-20(14-18)22(27-25-21)17-8-4-15(2)5-9-17/h4-14H,3H2,1-2H3,(H,24,26). The fourth-order valence-electron chi connectivity index (χ4n) is 3.02. The molecule has 1 heterocycles. The maximum Gasteiger partial charge on any atom is 0.255 e. The van der Waals surface area contributed by atoms with Crippen LogP contribution in [-0.4, -0.2) is 11.1 Å². The Kier molecular flexibility index (Phi) is 4.47. The number of nitrogens with one attached hydrogen (secondary N) is 1. The first-order valence-corrected chi connectivity index (χ1v) is 9.01. The van der Waals surface area contributed by atoms with E-state index in [1.54, 1.807) is 6.07 Å². The summed E-state index contributed by atoms with van der Waals surface area (Å²) in [4.78, 5) is 12.7. The molecule has 0 bridgehead atoms. The highest BCUT2D eigenvalue weighted by molar-refractivity contribution is 6.07. The largest absolute Gasteiger partial charge is 0.355 e. The highest BCUT2D eigenvalue weighted by Crippen LogP contribution is 2.29. The van der Waals surface area contributed by atoms with E-state index in [1.165, 1.54) is 11.1 Å². The number of carbonyl (C=O) groups is 1. The van der Waals surface area contributed by atoms with Gasteiger partial charge in [0.05, 0.1) is 5.39 Å². The molecule has 4 nitrogen and oxygen atoms in total. The van der Waals surface area contributed by atoms with E-state index in [0.29, 0.717) is 11.3 Å². The van der Waals surface area contributed by atoms with Crippen molar-refractivity contribution in [2.45, 2.75) is 20.3 Å². The number of anilines is 1. The van der Waals surface area contributed by atoms with Crippen LogP contribution in [0.25, 0.3) is 22.2 Å². The van der Waals surface area contributed by atoms with Gasteiger partial charge in [-0.25, -0.2) is 0 Å². The molecule has 0 saturated heterocycles. The lowest BCUT2D eigenvalue weighted by molar-refractivity contribution is 0.102. The zero-order valence-corrected chi connectivity index (χ0v) is 15.3. The van der Waals surface area contributed by atoms with Crippen LogP contribution in [0.2, 0.25) is 0 Å². The predicted molar refractivity (Wildman–Crippen MR) is 108 cm³/mol. The number of carbonyl (C=O) groups excluding carboxylic acids is 1. The molecule has 0 unspecified atom stereocenters. The van der Waals surface area contributed by atoms with Crippen LogP contribution < -0.4 is 5.32 Å². The molecule has 0 atom stereocenters. The Morgan fingerprint density at radius 1 is 1.00 bits per heavy atom. The van der Waals surface area contributed by atoms with E-state index >= 15 is 0 Å². The third-order valence-corrected chi connectivity index (χ3v) is 4.67. The van der Waals surface area contributed by atoms with Crippen molar-refractivity contribution in [3.8, 4) is 11.3 Å². The first kappa shape index (κ1) is 17.0. The maximum absolute atomic E-state index is 12.7. The van der Waals surface area contributed by atoms with Crippen molar-refractivity contribution in [1.82, 2.24) is 5.16 Å². The average Bonchev–Trinajstić information content (AvgIpc) is 3.12. The summed E-state index contributed by atoms with van der Waals surface area (Å²) < 4.78 is 5.54. The number of aromatic nitrogens is 1. The summed E-state index contributed by atoms with van der Waals surface area (Å²) in [7, 11) is 0. The number of benzene rings is 3. The molecule has 0 saturated carbocycles. The smallest absolute Gasteiger partial charge is 0.255 e. The van der Waals surface area contributed by atoms with Gasteiger partial charge in [-0.15, -0.1) is 0 Å². The summed E-state index contributed by atoms with van der Waals surface area (Å²) in [6.45, 7) is 4.14. The van der Waals surface area contributed by atoms with Crippen LogP contribution >= 0.6 is 0 Å². The van der Waals surface area contributed by atoms with Gasteiger partial charge in [0.15, 0.2) is 5.76 Å². The monoisotopic (exact) mass is 356 g/mol. The molecule has 134 valence electrons. The Morgan fingerprint density at radius 3 is 2.44 bits per heavy atom. The molecule has 4 rings (SSSR count). The molecule has 1 amide bonds. The summed E-state index contributed by atoms with van der Waals surface area (Å²) in [6.07, 6.45) is 0.972. The van der Waals surface area contributed by atoms with E-state index in [9.17, 15) is 4.79 Å². The van der Waals surface area contributed by atoms with Gasteiger partial charge >= 0.3 is 0 Å². The summed E-state index contributed by atoms with van der Waals surface area (Å²) in [5.41, 5.74) is 5.43. The summed E-state index contributed by atoms with van der Waals surface area (Å²) in [5.74, 6) is 0.518. The van der Waals surface area contributed by atoms with Crippen molar-refractivity contribution < 1.29 is 9.32 Å². The summed E-state index contributed by atoms with van der Waals surface area (Å²) in [5, 5.41) is 7.88. The number of rotatable bonds is 4. The Balaban J connectivity index is 1.64. The lowest BCUT2D eigenvalue weighted by atomic mass is 10.0. The van der Waals surface area contributed by atoms with Gasteiger partial charge in [-0.05, 0) is 49.2 Å². The normalized spacial score (nSPS) is 10.9. The molecule has 0 aliphatic carbocycles. The molecule has 3 aromatic carbocycles. The van der Waals surface area contributed by atoms with Crippen molar-refractivity contribution in [1.29, 1.82) is 0 Å². The first-order valence-electron chi connectivity index (χ1n) is 9.01. The number of aryl methyl sites for hydroxylation is 2. The number of hydrogen-bond acceptors (Lipinski definition) is 3. The topological polar surface area (TPSA) is 55.1 Å². The maximum atomic E-state index is 12.7. The molecular formula is C23H20N2O2. The van der Waals surface area contributed by atoms with E-state index in [-0.39, 0.29) is 5.91 Å². The molecule has 1 aromatic heterocycles. The van der Waals surface area contributed by atoms with Gasteiger partial charge in [0.2, 0.25) is 0 Å². The molecule has 0 radical (unpaired) electrons. The van der Waals surface area contributed by atoms with E-state index in [1.807, 2.05) is 67.6 Å². The lowest BCUT2D eigenvalue weighted by Crippen LogP contribution is -2.11. The third kappa shape index (κ3) is 3.47. The van der Waals surface area contributed by atoms with Crippen molar-refractivity contribution in [2.24, 2.45) is 0 Å². The van der Waals surface area contributed by atoms with Gasteiger partial charge in [0.25, 0.3) is 5.91 Å². The van der Waals surface area contributed by atoms with Crippen LogP contribution in [-0.2, 0) is 6.42 Å². The van der Waals surface area contributed by atoms with E-state index < -0.39 is 0 Å². The molecule has 4 heteroatoms. The Bertz CT molecular complexity index is 1090. The Morgan fingerprint density at radius 2 is 1.74 bits per heavy atom. The molecule has 0 aliphatic rings. The third-order valence-electron chi connectivity index (χ3n) is 4.67. The Hall–Kier alpha value is -3.40. The van der Waals surface area contributed by atoms with E-state index in [4.69, 9.17) is 4.52 Å². The number of fused-ring (bicyclic) bond motifs is 1. The van der Waals surface area contributed by atoms with Crippen molar-refractivity contribution in [3.05, 3.63) is 83.4 Å². The zero-order chi connectivity index (χ0) is 18.8. The second-order valence-corrected chi connectivity index (χ2v) is 6.61. The van der Waals surface area contributed by atoms with E-state index in [0.717, 1.165) is 28.6 Å². The highest BCUT2D eigenvalue weighted by atomic mass is 16.5. The van der Waals surface area contributed by atoms with Crippen molar-refractivity contribution >= 4 is 22.5 Å². The van der Waals surface area contributed by atoms with Crippen LogP contribution in [0, 0.1) is 6.92 Å². The van der Waals surface area contributed by atoms with Gasteiger partial charge < -0.3 is 9.84 Å². The predicted octanol–water partition coefficient (Wildman–Crippen LogP) is 5.62. The first-order chi connectivity index (χ1) is 13.1. The summed E-state index contributed by atoms with van der Waals surface area (Å²) in [6, 6.07) is 21.3. The van der Waals surface area contributed by atoms with E-state index in [2.05, 4.69) is 17.4 Å². The van der Waals surface area contributed by atoms with Gasteiger partial charge in [-0.1, -0.05) is 54.0 Å². The minimum atomic E-state index is -0.155. The van der Waals surface area contributed by atoms with Crippen molar-refractivity contribution in [3.63, 3.8) is 0 Å². The minimum Gasteiger partial charge on any atom is -0.355 e. The van der Waals surface area contributed by atoms with Crippen LogP contribution in [0.1, 0.15) is 28.4 Å². The Labute approximate surface area is 157 Å². The van der Waals surface area contributed by atoms with Crippen LogP contribution in [0.4, 0.5) is 5.69 Å². The summed E-state index contributed by atoms with van der Waals surface area (Å²) >= 11 is 0. The highest BCUT2D eigenvalue weighted by Gasteiger charge is 2.14. The average molecular weight is 356 g/mol. The SMILES string of the molecule is CCc1ccc(NC(=O)c2ccc3noc(-c4ccc(C)cc4)c3c2)cc1. The molecule has 0 aliphatic heterocycles. The van der Waals surface area contributed by atoms with Crippen molar-refractivity contribution in [2.75, 3.05) is 5.32 Å². The van der Waals surface area contributed by atoms with Crippen LogP contribution in [0.3, 0.4) is 0 Å². The van der Waals surface area contributed by atoms with Crippen LogP contribution in [0.5, 0.6) is 0 Å². The fraction of sp³-hybridized carbons (Fsp3) is 0.130. The fourth-order valence-corrected chi connectivity index (χ4v) is 3.02. The number of nitrogens with zero attached hydrogens (tertiary/aromatic N) is 1. The second-order valence-electron chi connectivity index (χ2n) is 6.61. The van der Waals surface area contributed by atoms with Gasteiger partial charge in [-0.3, -0.25) is 4.79 Å². The lowest BCUT2D eigenvalue weighted by Gasteiger charge is -2.06.